The molecule has 0 radical (unpaired) electrons. The Morgan fingerprint density at radius 1 is 0.706 bits per heavy atom. The summed E-state index contributed by atoms with van der Waals surface area (Å²) in [5.41, 5.74) is -4.50. The molecule has 0 aromatic heterocycles. The Labute approximate surface area is 89.5 Å². The second-order valence-corrected chi connectivity index (χ2v) is 3.01. The summed E-state index contributed by atoms with van der Waals surface area (Å²) in [5.74, 6) is -5.65. The second kappa shape index (κ2) is 3.60. The largest absolute Gasteiger partial charge is 0.507 e. The van der Waals surface area contributed by atoms with E-state index in [0.29, 0.717) is 0 Å². The van der Waals surface area contributed by atoms with E-state index in [4.69, 9.17) is 15.3 Å². The van der Waals surface area contributed by atoms with Gasteiger partial charge in [-0.3, -0.25) is 0 Å². The van der Waals surface area contributed by atoms with E-state index >= 15 is 0 Å². The minimum atomic E-state index is -5.39. The monoisotopic (exact) mass is 262 g/mol. The van der Waals surface area contributed by atoms with Crippen LogP contribution in [0.1, 0.15) is 11.1 Å². The Kier molecular flexibility index (Phi) is 2.81. The first kappa shape index (κ1) is 13.3. The van der Waals surface area contributed by atoms with Crippen LogP contribution in [-0.2, 0) is 12.4 Å². The summed E-state index contributed by atoms with van der Waals surface area (Å²) in [4.78, 5) is 0. The third kappa shape index (κ3) is 2.32. The summed E-state index contributed by atoms with van der Waals surface area (Å²) < 4.78 is 73.4. The summed E-state index contributed by atoms with van der Waals surface area (Å²) in [6.07, 6.45) is -10.8. The molecule has 9 heteroatoms. The van der Waals surface area contributed by atoms with Gasteiger partial charge in [-0.15, -0.1) is 0 Å². The molecule has 0 heterocycles. The highest BCUT2D eigenvalue weighted by Gasteiger charge is 2.45. The van der Waals surface area contributed by atoms with Crippen molar-refractivity contribution in [3.63, 3.8) is 0 Å². The summed E-state index contributed by atoms with van der Waals surface area (Å²) in [5, 5.41) is 26.4. The first-order chi connectivity index (χ1) is 7.46. The van der Waals surface area contributed by atoms with Crippen LogP contribution in [0, 0.1) is 0 Å². The van der Waals surface area contributed by atoms with Crippen LogP contribution in [0.3, 0.4) is 0 Å². The molecule has 0 aliphatic heterocycles. The normalized spacial score (nSPS) is 12.8. The zero-order chi connectivity index (χ0) is 13.6. The quantitative estimate of drug-likeness (QED) is 0.630. The third-order valence-corrected chi connectivity index (χ3v) is 1.83. The number of phenols is 3. The lowest BCUT2D eigenvalue weighted by atomic mass is 10.1. The molecule has 0 spiro atoms. The number of hydrogen-bond acceptors (Lipinski definition) is 3. The number of benzene rings is 1. The maximum absolute atomic E-state index is 12.2. The van der Waals surface area contributed by atoms with Crippen molar-refractivity contribution in [2.75, 3.05) is 0 Å². The summed E-state index contributed by atoms with van der Waals surface area (Å²) in [6, 6.07) is -0.134. The Bertz CT molecular complexity index is 410. The lowest BCUT2D eigenvalue weighted by molar-refractivity contribution is -0.146. The maximum atomic E-state index is 12.2. The first-order valence-corrected chi connectivity index (χ1v) is 3.88. The number of aromatic hydroxyl groups is 3. The van der Waals surface area contributed by atoms with E-state index in [2.05, 4.69) is 0 Å². The van der Waals surface area contributed by atoms with Crippen LogP contribution in [0.4, 0.5) is 26.3 Å². The summed E-state index contributed by atoms with van der Waals surface area (Å²) >= 11 is 0. The molecule has 0 unspecified atom stereocenters. The smallest absolute Gasteiger partial charge is 0.423 e. The second-order valence-electron chi connectivity index (χ2n) is 3.01. The van der Waals surface area contributed by atoms with E-state index in [1.165, 1.54) is 0 Å². The van der Waals surface area contributed by atoms with Gasteiger partial charge in [0.1, 0.15) is 28.4 Å². The lowest BCUT2D eigenvalue weighted by Gasteiger charge is -2.16. The molecular weight excluding hydrogens is 258 g/mol. The van der Waals surface area contributed by atoms with Gasteiger partial charge in [-0.2, -0.15) is 26.3 Å². The number of alkyl halides is 6. The molecular formula is C8H4F6O3. The minimum Gasteiger partial charge on any atom is -0.507 e. The van der Waals surface area contributed by atoms with Crippen molar-refractivity contribution in [2.45, 2.75) is 12.4 Å². The number of rotatable bonds is 0. The van der Waals surface area contributed by atoms with Crippen LogP contribution >= 0.6 is 0 Å². The van der Waals surface area contributed by atoms with Crippen LogP contribution in [0.2, 0.25) is 0 Å². The van der Waals surface area contributed by atoms with Gasteiger partial charge in [0.15, 0.2) is 0 Å². The van der Waals surface area contributed by atoms with E-state index in [1.54, 1.807) is 0 Å². The lowest BCUT2D eigenvalue weighted by Crippen LogP contribution is -2.12. The zero-order valence-electron chi connectivity index (χ0n) is 7.69. The first-order valence-electron chi connectivity index (χ1n) is 3.88. The molecule has 0 amide bonds. The molecule has 0 aliphatic rings. The standard InChI is InChI=1S/C8H4F6O3/c9-7(10,11)4-2(15)1-3(16)5(6(4)17)8(12,13)14/h1,15-17H. The fourth-order valence-electron chi connectivity index (χ4n) is 1.20. The van der Waals surface area contributed by atoms with Gasteiger partial charge in [-0.25, -0.2) is 0 Å². The van der Waals surface area contributed by atoms with Gasteiger partial charge in [0, 0.05) is 6.07 Å². The van der Waals surface area contributed by atoms with Crippen molar-refractivity contribution in [3.8, 4) is 17.2 Å². The van der Waals surface area contributed by atoms with Crippen LogP contribution in [0.25, 0.3) is 0 Å². The highest BCUT2D eigenvalue weighted by atomic mass is 19.4. The van der Waals surface area contributed by atoms with Crippen molar-refractivity contribution in [1.29, 1.82) is 0 Å². The SMILES string of the molecule is Oc1cc(O)c(C(F)(F)F)c(O)c1C(F)(F)F. The highest BCUT2D eigenvalue weighted by molar-refractivity contribution is 5.57. The average Bonchev–Trinajstić information content (AvgIpc) is 1.94. The fourth-order valence-corrected chi connectivity index (χ4v) is 1.20. The van der Waals surface area contributed by atoms with E-state index < -0.39 is 40.7 Å². The molecule has 0 atom stereocenters. The van der Waals surface area contributed by atoms with Crippen LogP contribution < -0.4 is 0 Å². The van der Waals surface area contributed by atoms with E-state index in [9.17, 15) is 26.3 Å². The molecule has 1 aromatic rings. The van der Waals surface area contributed by atoms with Crippen molar-refractivity contribution < 1.29 is 41.7 Å². The van der Waals surface area contributed by atoms with Crippen molar-refractivity contribution >= 4 is 0 Å². The molecule has 1 aromatic carbocycles. The Balaban J connectivity index is 3.67. The molecule has 0 aliphatic carbocycles. The number of halogens is 6. The van der Waals surface area contributed by atoms with E-state index in [-0.39, 0.29) is 6.07 Å². The summed E-state index contributed by atoms with van der Waals surface area (Å²) in [7, 11) is 0. The third-order valence-electron chi connectivity index (χ3n) is 1.83. The van der Waals surface area contributed by atoms with Gasteiger partial charge < -0.3 is 15.3 Å². The van der Waals surface area contributed by atoms with Crippen LogP contribution in [0.5, 0.6) is 17.2 Å². The van der Waals surface area contributed by atoms with E-state index in [0.717, 1.165) is 0 Å². The average molecular weight is 262 g/mol. The molecule has 0 saturated heterocycles. The predicted octanol–water partition coefficient (Wildman–Crippen LogP) is 2.84. The summed E-state index contributed by atoms with van der Waals surface area (Å²) in [6.45, 7) is 0. The Hall–Kier alpha value is -1.80. The zero-order valence-corrected chi connectivity index (χ0v) is 7.69. The highest BCUT2D eigenvalue weighted by Crippen LogP contribution is 2.51. The molecule has 17 heavy (non-hydrogen) atoms. The molecule has 0 fully saturated rings. The maximum Gasteiger partial charge on any atom is 0.423 e. The number of hydrogen-bond donors (Lipinski definition) is 3. The van der Waals surface area contributed by atoms with Crippen LogP contribution in [0.15, 0.2) is 6.07 Å². The fraction of sp³-hybridized carbons (Fsp3) is 0.250. The molecule has 3 nitrogen and oxygen atoms in total. The minimum absolute atomic E-state index is 0.134. The van der Waals surface area contributed by atoms with Gasteiger partial charge in [0.05, 0.1) is 0 Å². The van der Waals surface area contributed by atoms with Crippen molar-refractivity contribution in [1.82, 2.24) is 0 Å². The van der Waals surface area contributed by atoms with Gasteiger partial charge in [-0.05, 0) is 0 Å². The molecule has 3 N–H and O–H groups in total. The van der Waals surface area contributed by atoms with Crippen molar-refractivity contribution in [3.05, 3.63) is 17.2 Å². The van der Waals surface area contributed by atoms with Gasteiger partial charge in [0.25, 0.3) is 0 Å². The van der Waals surface area contributed by atoms with Gasteiger partial charge in [0.2, 0.25) is 0 Å². The van der Waals surface area contributed by atoms with Crippen molar-refractivity contribution in [2.24, 2.45) is 0 Å². The molecule has 1 rings (SSSR count). The number of phenolic OH excluding ortho intramolecular Hbond substituents is 3. The molecule has 96 valence electrons. The van der Waals surface area contributed by atoms with E-state index in [1.807, 2.05) is 0 Å². The Morgan fingerprint density at radius 3 is 1.24 bits per heavy atom. The Morgan fingerprint density at radius 2 is 1.00 bits per heavy atom. The van der Waals surface area contributed by atoms with Gasteiger partial charge >= 0.3 is 12.4 Å². The van der Waals surface area contributed by atoms with Gasteiger partial charge in [-0.1, -0.05) is 0 Å². The topological polar surface area (TPSA) is 60.7 Å². The predicted molar refractivity (Wildman–Crippen MR) is 41.4 cm³/mol. The molecule has 0 saturated carbocycles. The van der Waals surface area contributed by atoms with Crippen LogP contribution in [-0.4, -0.2) is 15.3 Å². The molecule has 0 bridgehead atoms.